The molecule has 0 aromatic heterocycles. The molecule has 4 rings (SSSR count). The summed E-state index contributed by atoms with van der Waals surface area (Å²) in [7, 11) is 0. The van der Waals surface area contributed by atoms with E-state index in [2.05, 4.69) is 0 Å². The maximum absolute atomic E-state index is 13.0. The van der Waals surface area contributed by atoms with Gasteiger partial charge in [0, 0.05) is 11.6 Å². The number of carbonyl (C=O) groups excluding carboxylic acids is 2. The Labute approximate surface area is 188 Å². The average Bonchev–Trinajstić information content (AvgIpc) is 3.33. The maximum Gasteiger partial charge on any atom is 0.295 e. The number of phenolic OH excluding ortho intramolecular Hbond substituents is 1. The molecule has 2 aromatic carbocycles. The number of aliphatic hydroxyl groups excluding tert-OH is 1. The predicted molar refractivity (Wildman–Crippen MR) is 116 cm³/mol. The van der Waals surface area contributed by atoms with Crippen molar-refractivity contribution in [3.63, 3.8) is 0 Å². The van der Waals surface area contributed by atoms with Crippen LogP contribution >= 0.6 is 34.8 Å². The van der Waals surface area contributed by atoms with Gasteiger partial charge in [-0.1, -0.05) is 53.7 Å². The highest BCUT2D eigenvalue weighted by Gasteiger charge is 2.49. The third-order valence-corrected chi connectivity index (χ3v) is 6.72. The standard InChI is InChI=1S/C22H18Cl3NO4/c23-14-7-5-12(10-15(14)24)20(28)18-19(11-6-8-17(27)16(25)9-11)26(22(30)21(18)29)13-3-1-2-4-13/h5-10,13,19,27-28H,1-4H2/b20-18-. The number of nitrogens with zero attached hydrogens (tertiary/aromatic N) is 1. The van der Waals surface area contributed by atoms with Crippen LogP contribution in [0.3, 0.4) is 0 Å². The summed E-state index contributed by atoms with van der Waals surface area (Å²) in [5, 5.41) is 21.5. The summed E-state index contributed by atoms with van der Waals surface area (Å²) in [6, 6.07) is 8.08. The Balaban J connectivity index is 1.91. The van der Waals surface area contributed by atoms with Crippen molar-refractivity contribution in [1.82, 2.24) is 4.90 Å². The highest BCUT2D eigenvalue weighted by atomic mass is 35.5. The van der Waals surface area contributed by atoms with Gasteiger partial charge in [-0.15, -0.1) is 0 Å². The lowest BCUT2D eigenvalue weighted by molar-refractivity contribution is -0.141. The van der Waals surface area contributed by atoms with Crippen LogP contribution in [-0.4, -0.2) is 32.8 Å². The first-order valence-corrected chi connectivity index (χ1v) is 10.7. The Bertz CT molecular complexity index is 1080. The van der Waals surface area contributed by atoms with Gasteiger partial charge in [0.05, 0.1) is 26.7 Å². The van der Waals surface area contributed by atoms with E-state index in [1.165, 1.54) is 30.3 Å². The van der Waals surface area contributed by atoms with Gasteiger partial charge in [0.2, 0.25) is 0 Å². The largest absolute Gasteiger partial charge is 0.507 e. The van der Waals surface area contributed by atoms with Crippen molar-refractivity contribution in [3.05, 3.63) is 68.2 Å². The molecule has 1 heterocycles. The number of phenols is 1. The predicted octanol–water partition coefficient (Wildman–Crippen LogP) is 5.72. The summed E-state index contributed by atoms with van der Waals surface area (Å²) in [6.07, 6.45) is 3.48. The normalized spacial score (nSPS) is 21.6. The molecule has 0 radical (unpaired) electrons. The molecule has 1 amide bonds. The van der Waals surface area contributed by atoms with E-state index < -0.39 is 17.7 Å². The highest BCUT2D eigenvalue weighted by Crippen LogP contribution is 2.44. The van der Waals surface area contributed by atoms with E-state index >= 15 is 0 Å². The molecular formula is C22H18Cl3NO4. The van der Waals surface area contributed by atoms with Crippen molar-refractivity contribution in [3.8, 4) is 5.75 Å². The van der Waals surface area contributed by atoms with E-state index in [0.717, 1.165) is 25.7 Å². The third-order valence-electron chi connectivity index (χ3n) is 5.68. The second kappa shape index (κ2) is 8.14. The highest BCUT2D eigenvalue weighted by molar-refractivity contribution is 6.47. The average molecular weight is 467 g/mol. The van der Waals surface area contributed by atoms with Gasteiger partial charge in [-0.2, -0.15) is 0 Å². The zero-order chi connectivity index (χ0) is 21.6. The van der Waals surface area contributed by atoms with Crippen LogP contribution in [0.1, 0.15) is 42.9 Å². The van der Waals surface area contributed by atoms with E-state index in [1.54, 1.807) is 11.0 Å². The van der Waals surface area contributed by atoms with Crippen molar-refractivity contribution >= 4 is 52.3 Å². The van der Waals surface area contributed by atoms with Crippen molar-refractivity contribution < 1.29 is 19.8 Å². The van der Waals surface area contributed by atoms with E-state index in [1.807, 2.05) is 0 Å². The number of halogens is 3. The molecule has 2 aromatic rings. The Hall–Kier alpha value is -2.21. The first-order chi connectivity index (χ1) is 14.3. The molecule has 1 atom stereocenters. The molecule has 1 unspecified atom stereocenters. The molecule has 156 valence electrons. The van der Waals surface area contributed by atoms with Crippen LogP contribution in [0.4, 0.5) is 0 Å². The van der Waals surface area contributed by atoms with Crippen LogP contribution in [0.2, 0.25) is 15.1 Å². The number of aliphatic hydroxyl groups is 1. The lowest BCUT2D eigenvalue weighted by Crippen LogP contribution is -2.37. The molecule has 5 nitrogen and oxygen atoms in total. The van der Waals surface area contributed by atoms with Crippen LogP contribution in [0.15, 0.2) is 42.0 Å². The number of likely N-dealkylation sites (tertiary alicyclic amines) is 1. The smallest absolute Gasteiger partial charge is 0.295 e. The van der Waals surface area contributed by atoms with Gasteiger partial charge < -0.3 is 15.1 Å². The fourth-order valence-electron chi connectivity index (χ4n) is 4.23. The Kier molecular flexibility index (Phi) is 5.71. The molecule has 0 bridgehead atoms. The van der Waals surface area contributed by atoms with Crippen LogP contribution in [0.5, 0.6) is 5.75 Å². The molecular weight excluding hydrogens is 449 g/mol. The topological polar surface area (TPSA) is 77.8 Å². The molecule has 2 fully saturated rings. The molecule has 30 heavy (non-hydrogen) atoms. The van der Waals surface area contributed by atoms with Gasteiger partial charge in [0.25, 0.3) is 11.7 Å². The van der Waals surface area contributed by atoms with Crippen molar-refractivity contribution in [2.24, 2.45) is 0 Å². The van der Waals surface area contributed by atoms with Crippen molar-refractivity contribution in [2.45, 2.75) is 37.8 Å². The number of ketones is 1. The summed E-state index contributed by atoms with van der Waals surface area (Å²) in [5.41, 5.74) is 0.779. The number of aromatic hydroxyl groups is 1. The van der Waals surface area contributed by atoms with Crippen LogP contribution in [0, 0.1) is 0 Å². The lowest BCUT2D eigenvalue weighted by atomic mass is 9.94. The van der Waals surface area contributed by atoms with Gasteiger partial charge in [-0.25, -0.2) is 0 Å². The van der Waals surface area contributed by atoms with Gasteiger partial charge >= 0.3 is 0 Å². The SMILES string of the molecule is O=C1C(=O)N(C2CCCC2)C(c2ccc(O)c(Cl)c2)/C1=C(/O)c1ccc(Cl)c(Cl)c1. The number of carbonyl (C=O) groups is 2. The minimum absolute atomic E-state index is 0.0351. The number of Topliss-reactive ketones (excluding diaryl/α,β-unsaturated/α-hetero) is 1. The Morgan fingerprint density at radius 3 is 2.27 bits per heavy atom. The number of hydrogen-bond donors (Lipinski definition) is 2. The molecule has 1 aliphatic carbocycles. The maximum atomic E-state index is 13.0. The minimum atomic E-state index is -0.819. The second-order valence-electron chi connectivity index (χ2n) is 7.48. The molecule has 1 saturated heterocycles. The van der Waals surface area contributed by atoms with E-state index in [-0.39, 0.29) is 38.7 Å². The number of hydrogen-bond acceptors (Lipinski definition) is 4. The van der Waals surface area contributed by atoms with E-state index in [4.69, 9.17) is 34.8 Å². The molecule has 0 spiro atoms. The summed E-state index contributed by atoms with van der Waals surface area (Å²) in [5.74, 6) is -1.86. The van der Waals surface area contributed by atoms with Crippen LogP contribution < -0.4 is 0 Å². The van der Waals surface area contributed by atoms with E-state index in [0.29, 0.717) is 10.6 Å². The van der Waals surface area contributed by atoms with Gasteiger partial charge in [0.1, 0.15) is 11.5 Å². The first kappa shape index (κ1) is 21.0. The molecule has 1 saturated carbocycles. The van der Waals surface area contributed by atoms with Crippen molar-refractivity contribution in [2.75, 3.05) is 0 Å². The van der Waals surface area contributed by atoms with Gasteiger partial charge in [-0.05, 0) is 48.7 Å². The van der Waals surface area contributed by atoms with Crippen molar-refractivity contribution in [1.29, 1.82) is 0 Å². The monoisotopic (exact) mass is 465 g/mol. The summed E-state index contributed by atoms with van der Waals surface area (Å²) in [4.78, 5) is 27.6. The van der Waals surface area contributed by atoms with Gasteiger partial charge in [0.15, 0.2) is 0 Å². The lowest BCUT2D eigenvalue weighted by Gasteiger charge is -2.31. The molecule has 1 aliphatic heterocycles. The Morgan fingerprint density at radius 1 is 0.933 bits per heavy atom. The van der Waals surface area contributed by atoms with E-state index in [9.17, 15) is 19.8 Å². The number of amides is 1. The molecule has 8 heteroatoms. The third kappa shape index (κ3) is 3.55. The number of rotatable bonds is 3. The minimum Gasteiger partial charge on any atom is -0.507 e. The zero-order valence-corrected chi connectivity index (χ0v) is 18.0. The number of benzene rings is 2. The molecule has 2 N–H and O–H groups in total. The van der Waals surface area contributed by atoms with Crippen LogP contribution in [0.25, 0.3) is 5.76 Å². The Morgan fingerprint density at radius 2 is 1.63 bits per heavy atom. The second-order valence-corrected chi connectivity index (χ2v) is 8.71. The zero-order valence-electron chi connectivity index (χ0n) is 15.7. The quantitative estimate of drug-likeness (QED) is 0.345. The fraction of sp³-hybridized carbons (Fsp3) is 0.273. The fourth-order valence-corrected chi connectivity index (χ4v) is 4.72. The summed E-state index contributed by atoms with van der Waals surface area (Å²) in [6.45, 7) is 0. The van der Waals surface area contributed by atoms with Crippen LogP contribution in [-0.2, 0) is 9.59 Å². The summed E-state index contributed by atoms with van der Waals surface area (Å²) < 4.78 is 0. The molecule has 2 aliphatic rings. The summed E-state index contributed by atoms with van der Waals surface area (Å²) >= 11 is 18.2. The van der Waals surface area contributed by atoms with Gasteiger partial charge in [-0.3, -0.25) is 9.59 Å². The first-order valence-electron chi connectivity index (χ1n) is 9.53.